The number of hydrogen-bond donors (Lipinski definition) is 0. The Labute approximate surface area is 95.0 Å². The molecule has 1 aliphatic heterocycles. The van der Waals surface area contributed by atoms with E-state index in [1.165, 1.54) is 4.31 Å². The summed E-state index contributed by atoms with van der Waals surface area (Å²) in [5, 5.41) is 0. The predicted molar refractivity (Wildman–Crippen MR) is 58.3 cm³/mol. The van der Waals surface area contributed by atoms with Crippen LogP contribution in [0.2, 0.25) is 0 Å². The van der Waals surface area contributed by atoms with E-state index < -0.39 is 10.0 Å². The molecule has 1 amide bonds. The SMILES string of the molecule is CN1CCCN(S(=O)(=O)CCCl)CC1=O. The molecular formula is C8H15ClN2O3S. The van der Waals surface area contributed by atoms with Crippen molar-refractivity contribution in [3.05, 3.63) is 0 Å². The number of hydrogen-bond acceptors (Lipinski definition) is 3. The molecule has 0 N–H and O–H groups in total. The van der Waals surface area contributed by atoms with Gasteiger partial charge in [0.25, 0.3) is 0 Å². The molecule has 1 saturated heterocycles. The zero-order chi connectivity index (χ0) is 11.5. The Morgan fingerprint density at radius 3 is 2.67 bits per heavy atom. The fraction of sp³-hybridized carbons (Fsp3) is 0.875. The van der Waals surface area contributed by atoms with Gasteiger partial charge in [-0.3, -0.25) is 4.79 Å². The molecule has 15 heavy (non-hydrogen) atoms. The van der Waals surface area contributed by atoms with Gasteiger partial charge < -0.3 is 4.90 Å². The Bertz CT molecular complexity index is 331. The molecule has 5 nitrogen and oxygen atoms in total. The number of sulfonamides is 1. The molecule has 0 radical (unpaired) electrons. The Morgan fingerprint density at radius 2 is 2.07 bits per heavy atom. The Morgan fingerprint density at radius 1 is 1.40 bits per heavy atom. The number of halogens is 1. The van der Waals surface area contributed by atoms with Crippen LogP contribution in [-0.2, 0) is 14.8 Å². The predicted octanol–water partition coefficient (Wildman–Crippen LogP) is -0.281. The van der Waals surface area contributed by atoms with Crippen molar-refractivity contribution in [2.24, 2.45) is 0 Å². The van der Waals surface area contributed by atoms with Crippen molar-refractivity contribution in [3.63, 3.8) is 0 Å². The van der Waals surface area contributed by atoms with Gasteiger partial charge in [-0.2, -0.15) is 4.31 Å². The van der Waals surface area contributed by atoms with Crippen LogP contribution in [0.4, 0.5) is 0 Å². The zero-order valence-corrected chi connectivity index (χ0v) is 10.2. The number of carbonyl (C=O) groups is 1. The van der Waals surface area contributed by atoms with E-state index in [0.717, 1.165) is 0 Å². The minimum Gasteiger partial charge on any atom is -0.345 e. The molecule has 7 heteroatoms. The minimum absolute atomic E-state index is 0.0584. The minimum atomic E-state index is -3.36. The molecule has 0 aromatic heterocycles. The third-order valence-electron chi connectivity index (χ3n) is 2.37. The van der Waals surface area contributed by atoms with E-state index in [1.54, 1.807) is 11.9 Å². The van der Waals surface area contributed by atoms with Crippen molar-refractivity contribution >= 4 is 27.5 Å². The van der Waals surface area contributed by atoms with E-state index in [0.29, 0.717) is 19.5 Å². The molecule has 88 valence electrons. The first-order valence-corrected chi connectivity index (χ1v) is 6.89. The van der Waals surface area contributed by atoms with E-state index in [4.69, 9.17) is 11.6 Å². The maximum Gasteiger partial charge on any atom is 0.237 e. The fourth-order valence-corrected chi connectivity index (χ4v) is 3.18. The van der Waals surface area contributed by atoms with Gasteiger partial charge in [-0.1, -0.05) is 0 Å². The smallest absolute Gasteiger partial charge is 0.237 e. The third-order valence-corrected chi connectivity index (χ3v) is 4.60. The summed E-state index contributed by atoms with van der Waals surface area (Å²) in [4.78, 5) is 13.0. The van der Waals surface area contributed by atoms with Crippen molar-refractivity contribution in [3.8, 4) is 0 Å². The summed E-state index contributed by atoms with van der Waals surface area (Å²) >= 11 is 5.41. The van der Waals surface area contributed by atoms with E-state index >= 15 is 0 Å². The summed E-state index contributed by atoms with van der Waals surface area (Å²) < 4.78 is 24.5. The quantitative estimate of drug-likeness (QED) is 0.651. The highest BCUT2D eigenvalue weighted by molar-refractivity contribution is 7.89. The van der Waals surface area contributed by atoms with Gasteiger partial charge in [0.2, 0.25) is 15.9 Å². The van der Waals surface area contributed by atoms with E-state index in [-0.39, 0.29) is 24.1 Å². The van der Waals surface area contributed by atoms with Crippen molar-refractivity contribution in [1.82, 2.24) is 9.21 Å². The van der Waals surface area contributed by atoms with Crippen LogP contribution in [-0.4, -0.2) is 61.8 Å². The molecule has 0 saturated carbocycles. The molecule has 0 unspecified atom stereocenters. The van der Waals surface area contributed by atoms with Crippen molar-refractivity contribution < 1.29 is 13.2 Å². The van der Waals surface area contributed by atoms with Gasteiger partial charge in [-0.25, -0.2) is 8.42 Å². The largest absolute Gasteiger partial charge is 0.345 e. The van der Waals surface area contributed by atoms with Gasteiger partial charge in [0.15, 0.2) is 0 Å². The number of rotatable bonds is 3. The van der Waals surface area contributed by atoms with Crippen LogP contribution in [0.1, 0.15) is 6.42 Å². The summed E-state index contributed by atoms with van der Waals surface area (Å²) in [7, 11) is -1.68. The summed E-state index contributed by atoms with van der Waals surface area (Å²) in [6.45, 7) is 0.941. The van der Waals surface area contributed by atoms with Crippen LogP contribution < -0.4 is 0 Å². The van der Waals surface area contributed by atoms with E-state index in [1.807, 2.05) is 0 Å². The average molecular weight is 255 g/mol. The normalized spacial score (nSPS) is 20.4. The van der Waals surface area contributed by atoms with Gasteiger partial charge in [0.05, 0.1) is 12.3 Å². The molecule has 0 aliphatic carbocycles. The lowest BCUT2D eigenvalue weighted by Gasteiger charge is -2.18. The second-order valence-electron chi connectivity index (χ2n) is 3.51. The Kier molecular flexibility index (Phi) is 4.36. The molecule has 1 fully saturated rings. The summed E-state index contributed by atoms with van der Waals surface area (Å²) in [5.41, 5.74) is 0. The standard InChI is InChI=1S/C8H15ClN2O3S/c1-10-4-2-5-11(7-8(10)12)15(13,14)6-3-9/h2-7H2,1H3. The lowest BCUT2D eigenvalue weighted by molar-refractivity contribution is -0.129. The van der Waals surface area contributed by atoms with Gasteiger partial charge in [-0.05, 0) is 6.42 Å². The molecule has 1 rings (SSSR count). The van der Waals surface area contributed by atoms with Crippen LogP contribution in [0, 0.1) is 0 Å². The second kappa shape index (κ2) is 5.14. The highest BCUT2D eigenvalue weighted by Crippen LogP contribution is 2.08. The summed E-state index contributed by atoms with van der Waals surface area (Å²) in [6, 6.07) is 0. The average Bonchev–Trinajstić information content (AvgIpc) is 2.30. The van der Waals surface area contributed by atoms with Gasteiger partial charge >= 0.3 is 0 Å². The Hall–Kier alpha value is -0.330. The highest BCUT2D eigenvalue weighted by atomic mass is 35.5. The van der Waals surface area contributed by atoms with Crippen LogP contribution in [0.3, 0.4) is 0 Å². The van der Waals surface area contributed by atoms with Crippen LogP contribution in [0.5, 0.6) is 0 Å². The molecule has 1 aliphatic rings. The zero-order valence-electron chi connectivity index (χ0n) is 8.65. The van der Waals surface area contributed by atoms with Crippen LogP contribution in [0.15, 0.2) is 0 Å². The van der Waals surface area contributed by atoms with Crippen molar-refractivity contribution in [2.75, 3.05) is 38.3 Å². The van der Waals surface area contributed by atoms with Crippen LogP contribution in [0.25, 0.3) is 0 Å². The maximum absolute atomic E-state index is 11.7. The van der Waals surface area contributed by atoms with Crippen molar-refractivity contribution in [2.45, 2.75) is 6.42 Å². The molecule has 0 aromatic rings. The molecular weight excluding hydrogens is 240 g/mol. The van der Waals surface area contributed by atoms with E-state index in [9.17, 15) is 13.2 Å². The first kappa shape index (κ1) is 12.7. The number of alkyl halides is 1. The lowest BCUT2D eigenvalue weighted by atomic mass is 10.4. The Balaban J connectivity index is 2.75. The fourth-order valence-electron chi connectivity index (χ4n) is 1.42. The number of likely N-dealkylation sites (N-methyl/N-ethyl adjacent to an activating group) is 1. The second-order valence-corrected chi connectivity index (χ2v) is 5.97. The molecule has 0 atom stereocenters. The number of carbonyl (C=O) groups excluding carboxylic acids is 1. The molecule has 0 spiro atoms. The summed E-state index contributed by atoms with van der Waals surface area (Å²) in [5.74, 6) is -0.209. The van der Waals surface area contributed by atoms with Gasteiger partial charge in [0, 0.05) is 26.0 Å². The van der Waals surface area contributed by atoms with Crippen LogP contribution >= 0.6 is 11.6 Å². The third kappa shape index (κ3) is 3.32. The maximum atomic E-state index is 11.7. The first-order chi connectivity index (χ1) is 6.97. The number of nitrogens with zero attached hydrogens (tertiary/aromatic N) is 2. The van der Waals surface area contributed by atoms with Gasteiger partial charge in [0.1, 0.15) is 0 Å². The highest BCUT2D eigenvalue weighted by Gasteiger charge is 2.27. The lowest BCUT2D eigenvalue weighted by Crippen LogP contribution is -2.39. The number of amides is 1. The summed E-state index contributed by atoms with van der Waals surface area (Å²) in [6.07, 6.45) is 0.670. The van der Waals surface area contributed by atoms with Crippen molar-refractivity contribution in [1.29, 1.82) is 0 Å². The van der Waals surface area contributed by atoms with E-state index in [2.05, 4.69) is 0 Å². The topological polar surface area (TPSA) is 57.7 Å². The molecule has 0 bridgehead atoms. The van der Waals surface area contributed by atoms with Gasteiger partial charge in [-0.15, -0.1) is 11.6 Å². The molecule has 1 heterocycles. The molecule has 0 aromatic carbocycles. The first-order valence-electron chi connectivity index (χ1n) is 4.75. The monoisotopic (exact) mass is 254 g/mol.